The van der Waals surface area contributed by atoms with Crippen molar-refractivity contribution in [2.75, 3.05) is 30.4 Å². The molecule has 1 aliphatic heterocycles. The van der Waals surface area contributed by atoms with Gasteiger partial charge in [-0.1, -0.05) is 26.0 Å². The average molecular weight is 204 g/mol. The normalized spacial score (nSPS) is 15.9. The molecule has 0 unspecified atom stereocenters. The Bertz CT molecular complexity index is 344. The van der Waals surface area contributed by atoms with E-state index in [0.717, 1.165) is 13.1 Å². The van der Waals surface area contributed by atoms with Crippen LogP contribution in [0.15, 0.2) is 18.2 Å². The number of nitrogens with one attached hydrogen (secondary N) is 1. The first-order chi connectivity index (χ1) is 7.20. The van der Waals surface area contributed by atoms with E-state index in [-0.39, 0.29) is 0 Å². The van der Waals surface area contributed by atoms with E-state index >= 15 is 0 Å². The van der Waals surface area contributed by atoms with Crippen molar-refractivity contribution >= 4 is 11.4 Å². The maximum atomic E-state index is 3.51. The van der Waals surface area contributed by atoms with Gasteiger partial charge in [-0.2, -0.15) is 0 Å². The Morgan fingerprint density at radius 3 is 2.87 bits per heavy atom. The van der Waals surface area contributed by atoms with Crippen LogP contribution in [0.2, 0.25) is 0 Å². The van der Waals surface area contributed by atoms with Crippen molar-refractivity contribution in [1.82, 2.24) is 0 Å². The van der Waals surface area contributed by atoms with Crippen LogP contribution >= 0.6 is 0 Å². The molecule has 1 heterocycles. The summed E-state index contributed by atoms with van der Waals surface area (Å²) in [5.41, 5.74) is 4.13. The number of hydrogen-bond acceptors (Lipinski definition) is 2. The minimum atomic E-state index is 0.585. The number of nitrogens with zero attached hydrogens (tertiary/aromatic N) is 1. The number of anilines is 2. The topological polar surface area (TPSA) is 15.3 Å². The van der Waals surface area contributed by atoms with Crippen LogP contribution in [-0.2, 0) is 0 Å². The van der Waals surface area contributed by atoms with Crippen LogP contribution in [-0.4, -0.2) is 20.1 Å². The molecular weight excluding hydrogens is 184 g/mol. The van der Waals surface area contributed by atoms with Crippen molar-refractivity contribution in [3.05, 3.63) is 23.8 Å². The monoisotopic (exact) mass is 204 g/mol. The predicted molar refractivity (Wildman–Crippen MR) is 66.9 cm³/mol. The highest BCUT2D eigenvalue weighted by molar-refractivity contribution is 5.74. The molecule has 0 saturated carbocycles. The van der Waals surface area contributed by atoms with Gasteiger partial charge in [0.2, 0.25) is 0 Å². The van der Waals surface area contributed by atoms with E-state index < -0.39 is 0 Å². The summed E-state index contributed by atoms with van der Waals surface area (Å²) in [6.45, 7) is 6.74. The fourth-order valence-corrected chi connectivity index (χ4v) is 2.25. The lowest BCUT2D eigenvalue weighted by Gasteiger charge is -2.24. The van der Waals surface area contributed by atoms with E-state index in [1.807, 2.05) is 0 Å². The van der Waals surface area contributed by atoms with Crippen molar-refractivity contribution in [1.29, 1.82) is 0 Å². The number of hydrogen-bond donors (Lipinski definition) is 1. The van der Waals surface area contributed by atoms with Gasteiger partial charge >= 0.3 is 0 Å². The van der Waals surface area contributed by atoms with Gasteiger partial charge in [0.25, 0.3) is 0 Å². The highest BCUT2D eigenvalue weighted by atomic mass is 15.1. The third kappa shape index (κ3) is 1.94. The molecule has 1 aliphatic rings. The van der Waals surface area contributed by atoms with Crippen LogP contribution < -0.4 is 10.2 Å². The van der Waals surface area contributed by atoms with Crippen LogP contribution in [0, 0.1) is 0 Å². The molecule has 1 aromatic rings. The molecule has 1 aromatic carbocycles. The fourth-order valence-electron chi connectivity index (χ4n) is 2.25. The van der Waals surface area contributed by atoms with E-state index in [1.165, 1.54) is 23.4 Å². The molecule has 1 N–H and O–H groups in total. The lowest BCUT2D eigenvalue weighted by molar-refractivity contribution is 0.815. The molecule has 15 heavy (non-hydrogen) atoms. The van der Waals surface area contributed by atoms with Gasteiger partial charge in [-0.25, -0.2) is 0 Å². The zero-order chi connectivity index (χ0) is 10.8. The summed E-state index contributed by atoms with van der Waals surface area (Å²) in [5, 5.41) is 3.51. The van der Waals surface area contributed by atoms with Crippen molar-refractivity contribution in [2.45, 2.75) is 26.2 Å². The predicted octanol–water partition coefficient (Wildman–Crippen LogP) is 3.06. The van der Waals surface area contributed by atoms with Crippen molar-refractivity contribution < 1.29 is 0 Å². The molecule has 0 amide bonds. The molecule has 2 heteroatoms. The van der Waals surface area contributed by atoms with Gasteiger partial charge in [-0.05, 0) is 24.0 Å². The lowest BCUT2D eigenvalue weighted by Crippen LogP contribution is -2.19. The Hall–Kier alpha value is -1.18. The molecule has 0 radical (unpaired) electrons. The first kappa shape index (κ1) is 10.3. The molecule has 0 fully saturated rings. The Balaban J connectivity index is 2.50. The van der Waals surface area contributed by atoms with Gasteiger partial charge in [-0.3, -0.25) is 0 Å². The smallest absolute Gasteiger partial charge is 0.0634 e. The highest BCUT2D eigenvalue weighted by Gasteiger charge is 2.16. The fraction of sp³-hybridized carbons (Fsp3) is 0.538. The minimum Gasteiger partial charge on any atom is -0.383 e. The van der Waals surface area contributed by atoms with E-state index in [0.29, 0.717) is 5.92 Å². The maximum Gasteiger partial charge on any atom is 0.0634 e. The van der Waals surface area contributed by atoms with Crippen molar-refractivity contribution in [2.24, 2.45) is 0 Å². The van der Waals surface area contributed by atoms with E-state index in [4.69, 9.17) is 0 Å². The summed E-state index contributed by atoms with van der Waals surface area (Å²) >= 11 is 0. The quantitative estimate of drug-likeness (QED) is 0.756. The van der Waals surface area contributed by atoms with Crippen LogP contribution in [0.1, 0.15) is 31.7 Å². The standard InChI is InChI=1S/C13H20N2/c1-10(2)11-6-4-7-12-13(11)15(3)9-5-8-14-12/h4,6-7,10,14H,5,8-9H2,1-3H3. The highest BCUT2D eigenvalue weighted by Crippen LogP contribution is 2.35. The molecule has 0 atom stereocenters. The SMILES string of the molecule is CC(C)c1cccc2c1N(C)CCCN2. The number of benzene rings is 1. The van der Waals surface area contributed by atoms with Gasteiger partial charge in [0.05, 0.1) is 11.4 Å². The Kier molecular flexibility index (Phi) is 2.85. The summed E-state index contributed by atoms with van der Waals surface area (Å²) in [6, 6.07) is 6.58. The third-order valence-corrected chi connectivity index (χ3v) is 3.06. The van der Waals surface area contributed by atoms with Crippen molar-refractivity contribution in [3.63, 3.8) is 0 Å². The maximum absolute atomic E-state index is 3.51. The molecule has 0 aliphatic carbocycles. The van der Waals surface area contributed by atoms with Gasteiger partial charge < -0.3 is 10.2 Å². The first-order valence-corrected chi connectivity index (χ1v) is 5.78. The molecule has 2 nitrogen and oxygen atoms in total. The molecule has 0 saturated heterocycles. The molecule has 0 spiro atoms. The average Bonchev–Trinajstić information content (AvgIpc) is 2.40. The summed E-state index contributed by atoms with van der Waals surface area (Å²) in [5.74, 6) is 0.585. The van der Waals surface area contributed by atoms with E-state index in [2.05, 4.69) is 49.3 Å². The zero-order valence-electron chi connectivity index (χ0n) is 9.88. The van der Waals surface area contributed by atoms with Gasteiger partial charge in [0.15, 0.2) is 0 Å². The second kappa shape index (κ2) is 4.13. The van der Waals surface area contributed by atoms with Crippen LogP contribution in [0.3, 0.4) is 0 Å². The molecule has 2 rings (SSSR count). The summed E-state index contributed by atoms with van der Waals surface area (Å²) in [7, 11) is 2.19. The molecule has 0 aromatic heterocycles. The lowest BCUT2D eigenvalue weighted by atomic mass is 9.99. The molecule has 0 bridgehead atoms. The summed E-state index contributed by atoms with van der Waals surface area (Å²) in [4.78, 5) is 2.38. The minimum absolute atomic E-state index is 0.585. The third-order valence-electron chi connectivity index (χ3n) is 3.06. The van der Waals surface area contributed by atoms with Gasteiger partial charge in [0.1, 0.15) is 0 Å². The Morgan fingerprint density at radius 1 is 1.33 bits per heavy atom. The number of fused-ring (bicyclic) bond motifs is 1. The summed E-state index contributed by atoms with van der Waals surface area (Å²) < 4.78 is 0. The number of para-hydroxylation sites is 1. The van der Waals surface area contributed by atoms with Gasteiger partial charge in [-0.15, -0.1) is 0 Å². The number of rotatable bonds is 1. The van der Waals surface area contributed by atoms with Crippen LogP contribution in [0.5, 0.6) is 0 Å². The summed E-state index contributed by atoms with van der Waals surface area (Å²) in [6.07, 6.45) is 1.21. The molecular formula is C13H20N2. The second-order valence-corrected chi connectivity index (χ2v) is 4.60. The Labute approximate surface area is 92.3 Å². The van der Waals surface area contributed by atoms with Crippen LogP contribution in [0.4, 0.5) is 11.4 Å². The second-order valence-electron chi connectivity index (χ2n) is 4.60. The molecule has 82 valence electrons. The Morgan fingerprint density at radius 2 is 2.13 bits per heavy atom. The zero-order valence-corrected chi connectivity index (χ0v) is 9.88. The largest absolute Gasteiger partial charge is 0.383 e. The van der Waals surface area contributed by atoms with E-state index in [1.54, 1.807) is 0 Å². The van der Waals surface area contributed by atoms with Crippen LogP contribution in [0.25, 0.3) is 0 Å². The van der Waals surface area contributed by atoms with E-state index in [9.17, 15) is 0 Å². The van der Waals surface area contributed by atoms with Crippen molar-refractivity contribution in [3.8, 4) is 0 Å². The first-order valence-electron chi connectivity index (χ1n) is 5.78. The van der Waals surface area contributed by atoms with Gasteiger partial charge in [0, 0.05) is 20.1 Å².